The molecule has 0 bridgehead atoms. The lowest BCUT2D eigenvalue weighted by atomic mass is 9.96. The van der Waals surface area contributed by atoms with Crippen molar-refractivity contribution in [2.24, 2.45) is 0 Å². The Labute approximate surface area is 401 Å². The van der Waals surface area contributed by atoms with Crippen molar-refractivity contribution in [3.05, 3.63) is 225 Å². The number of thiazole rings is 1. The van der Waals surface area contributed by atoms with Gasteiger partial charge < -0.3 is 24.7 Å². The van der Waals surface area contributed by atoms with Crippen LogP contribution in [0.5, 0.6) is 11.5 Å². The van der Waals surface area contributed by atoms with Crippen LogP contribution in [-0.2, 0) is 26.2 Å². The van der Waals surface area contributed by atoms with E-state index in [1.807, 2.05) is 60.7 Å². The summed E-state index contributed by atoms with van der Waals surface area (Å²) in [5.74, 6) is -3.08. The predicted octanol–water partition coefficient (Wildman–Crippen LogP) is 10.3. The van der Waals surface area contributed by atoms with Crippen molar-refractivity contribution in [1.29, 1.82) is 0 Å². The summed E-state index contributed by atoms with van der Waals surface area (Å²) in [5, 5.41) is 26.8. The fourth-order valence-corrected chi connectivity index (χ4v) is 9.45. The third kappa shape index (κ3) is 8.63. The van der Waals surface area contributed by atoms with Crippen LogP contribution in [0.15, 0.2) is 157 Å². The van der Waals surface area contributed by atoms with Crippen LogP contribution in [0, 0.1) is 11.6 Å². The number of hydrogen-bond donors (Lipinski definition) is 3. The zero-order valence-electron chi connectivity index (χ0n) is 36.8. The first kappa shape index (κ1) is 44.9. The molecule has 5 heterocycles. The van der Waals surface area contributed by atoms with Crippen molar-refractivity contribution in [3.8, 4) is 11.5 Å². The largest absolute Gasteiger partial charge is 0.505 e. The van der Waals surface area contributed by atoms with E-state index in [9.17, 15) is 38.2 Å². The third-order valence-corrected chi connectivity index (χ3v) is 12.8. The number of amides is 3. The lowest BCUT2D eigenvalue weighted by Crippen LogP contribution is -2.23. The van der Waals surface area contributed by atoms with Crippen molar-refractivity contribution in [1.82, 2.24) is 24.8 Å². The van der Waals surface area contributed by atoms with Gasteiger partial charge in [-0.2, -0.15) is 0 Å². The monoisotopic (exact) mass is 952 g/mol. The number of phenols is 1. The van der Waals surface area contributed by atoms with Gasteiger partial charge in [-0.05, 0) is 58.7 Å². The number of anilines is 1. The van der Waals surface area contributed by atoms with E-state index in [1.165, 1.54) is 46.7 Å². The van der Waals surface area contributed by atoms with E-state index < -0.39 is 23.9 Å². The van der Waals surface area contributed by atoms with E-state index in [0.29, 0.717) is 32.5 Å². The lowest BCUT2D eigenvalue weighted by Gasteiger charge is -2.23. The van der Waals surface area contributed by atoms with Crippen molar-refractivity contribution < 1.29 is 42.9 Å². The zero-order valence-corrected chi connectivity index (χ0v) is 37.6. The summed E-state index contributed by atoms with van der Waals surface area (Å²) >= 11 is 1.28. The molecule has 9 aromatic rings. The van der Waals surface area contributed by atoms with E-state index in [1.54, 1.807) is 71.2 Å². The van der Waals surface area contributed by atoms with Crippen LogP contribution in [0.2, 0.25) is 0 Å². The number of carboxylic acid groups (broad SMARTS) is 1. The second-order valence-electron chi connectivity index (χ2n) is 16.4. The summed E-state index contributed by atoms with van der Waals surface area (Å²) in [4.78, 5) is 68.6. The first-order chi connectivity index (χ1) is 34.0. The highest BCUT2D eigenvalue weighted by Crippen LogP contribution is 2.44. The van der Waals surface area contributed by atoms with Gasteiger partial charge in [0.05, 0.1) is 22.3 Å². The molecule has 13 nitrogen and oxygen atoms in total. The Morgan fingerprint density at radius 3 is 1.69 bits per heavy atom. The normalized spacial score (nSPS) is 12.8. The fourth-order valence-electron chi connectivity index (χ4n) is 8.93. The summed E-state index contributed by atoms with van der Waals surface area (Å²) < 4.78 is 33.4. The number of ether oxygens (including phenoxy) is 1. The third-order valence-electron chi connectivity index (χ3n) is 12.1. The molecule has 0 radical (unpaired) electrons. The molecule has 6 aromatic carbocycles. The van der Waals surface area contributed by atoms with Gasteiger partial charge in [-0.15, -0.1) is 11.3 Å². The molecule has 3 amide bonds. The minimum absolute atomic E-state index is 0.0337. The molecule has 0 fully saturated rings. The Morgan fingerprint density at radius 2 is 1.16 bits per heavy atom. The van der Waals surface area contributed by atoms with Crippen LogP contribution in [0.3, 0.4) is 0 Å². The second-order valence-corrected chi connectivity index (χ2v) is 17.3. The number of carbonyl (C=O) groups is 4. The van der Waals surface area contributed by atoms with Gasteiger partial charge in [0.15, 0.2) is 16.6 Å². The topological polar surface area (TPSA) is 175 Å². The minimum Gasteiger partial charge on any atom is -0.505 e. The fraction of sp³-hybridized carbons (Fsp3) is 0.0926. The summed E-state index contributed by atoms with van der Waals surface area (Å²) in [6, 6.07) is 37.7. The van der Waals surface area contributed by atoms with Crippen molar-refractivity contribution in [3.63, 3.8) is 0 Å². The summed E-state index contributed by atoms with van der Waals surface area (Å²) in [5.41, 5.74) is 5.08. The van der Waals surface area contributed by atoms with E-state index in [0.717, 1.165) is 22.3 Å². The average molecular weight is 953 g/mol. The lowest BCUT2D eigenvalue weighted by molar-refractivity contribution is 0.0692. The van der Waals surface area contributed by atoms with E-state index in [2.05, 4.69) is 20.3 Å². The Hall–Kier alpha value is -8.89. The highest BCUT2D eigenvalue weighted by molar-refractivity contribution is 7.13. The molecule has 2 aliphatic heterocycles. The molecule has 0 saturated heterocycles. The molecular weight excluding hydrogens is 915 g/mol. The van der Waals surface area contributed by atoms with Gasteiger partial charge in [-0.25, -0.2) is 18.6 Å². The second kappa shape index (κ2) is 19.0. The van der Waals surface area contributed by atoms with Crippen molar-refractivity contribution >= 4 is 62.0 Å². The highest BCUT2D eigenvalue weighted by atomic mass is 32.1. The molecule has 0 aliphatic carbocycles. The maximum Gasteiger partial charge on any atom is 0.336 e. The average Bonchev–Trinajstić information content (AvgIpc) is 4.09. The number of halogens is 2. The Kier molecular flexibility index (Phi) is 12.2. The maximum absolute atomic E-state index is 13.9. The number of benzene rings is 6. The molecule has 16 heteroatoms. The number of fused-ring (bicyclic) bond motifs is 4. The van der Waals surface area contributed by atoms with Crippen molar-refractivity contribution in [2.75, 3.05) is 5.32 Å². The van der Waals surface area contributed by atoms with E-state index in [4.69, 9.17) is 4.74 Å². The van der Waals surface area contributed by atoms with E-state index in [-0.39, 0.29) is 83.0 Å². The highest BCUT2D eigenvalue weighted by Gasteiger charge is 2.39. The van der Waals surface area contributed by atoms with Crippen LogP contribution in [0.1, 0.15) is 80.9 Å². The molecule has 0 spiro atoms. The molecule has 3 N–H and O–H groups in total. The zero-order chi connectivity index (χ0) is 48.5. The number of aromatic nitrogens is 3. The van der Waals surface area contributed by atoms with Crippen LogP contribution in [-0.4, -0.2) is 58.7 Å². The molecule has 0 unspecified atom stereocenters. The number of phenolic OH excluding ortho intramolecular Hbond substituents is 1. The molecule has 0 saturated carbocycles. The van der Waals surface area contributed by atoms with Gasteiger partial charge in [0.2, 0.25) is 0 Å². The summed E-state index contributed by atoms with van der Waals surface area (Å²) in [6.45, 7) is 0.613. The number of nitrogens with zero attached hydrogens (tertiary/aromatic N) is 5. The summed E-state index contributed by atoms with van der Waals surface area (Å²) in [7, 11) is 0. The molecule has 346 valence electrons. The van der Waals surface area contributed by atoms with Gasteiger partial charge in [0.1, 0.15) is 28.8 Å². The number of pyridine rings is 2. The number of aromatic carboxylic acids is 1. The van der Waals surface area contributed by atoms with Gasteiger partial charge in [0.25, 0.3) is 17.7 Å². The van der Waals surface area contributed by atoms with Gasteiger partial charge >= 0.3 is 5.97 Å². The van der Waals surface area contributed by atoms with Gasteiger partial charge in [-0.1, -0.05) is 97.1 Å². The SMILES string of the molecule is O=C(Nc1nccs1)c1c2c(c(O)c3ncccc13)C(=O)N(Cc1ccc(F)cc1)C2.O=C(O)c1c2c(c(OC(c3ccccc3)c3ccccc3)c3ncccc13)C(=O)N(Cc1ccc(F)cc1)C2. The first-order valence-electron chi connectivity index (χ1n) is 21.9. The van der Waals surface area contributed by atoms with Crippen molar-refractivity contribution in [2.45, 2.75) is 32.3 Å². The van der Waals surface area contributed by atoms with E-state index >= 15 is 0 Å². The number of carboxylic acids is 1. The number of carbonyl (C=O) groups excluding carboxylic acids is 3. The van der Waals surface area contributed by atoms with Gasteiger partial charge in [-0.3, -0.25) is 29.7 Å². The number of aromatic hydroxyl groups is 1. The molecular formula is C54H38F2N6O7S. The quantitative estimate of drug-likeness (QED) is 0.113. The Balaban J connectivity index is 0.000000166. The first-order valence-corrected chi connectivity index (χ1v) is 22.8. The Morgan fingerprint density at radius 1 is 0.643 bits per heavy atom. The number of nitrogens with one attached hydrogen (secondary N) is 1. The smallest absolute Gasteiger partial charge is 0.336 e. The standard InChI is InChI=1S/C32H23FN2O4.C22H15FN4O3S/c33-23-15-13-20(14-16-23)18-35-19-25-26(32(37)38)24-12-7-17-34-28(24)30(27(25)31(35)36)39-29(21-8-3-1-4-9-21)22-10-5-2-6-11-22;23-13-5-3-12(4-6-13)10-27-11-15-16(20(29)26-22-25-8-9-31-22)14-2-1-7-24-18(14)19(28)17(15)21(27)30/h1-17,29H,18-19H2,(H,37,38);1-9,28H,10-11H2,(H,25,26,29). The molecule has 70 heavy (non-hydrogen) atoms. The molecule has 3 aromatic heterocycles. The number of rotatable bonds is 11. The van der Waals surface area contributed by atoms with Crippen LogP contribution >= 0.6 is 11.3 Å². The Bertz CT molecular complexity index is 3430. The predicted molar refractivity (Wildman–Crippen MR) is 257 cm³/mol. The molecule has 0 atom stereocenters. The number of hydrogen-bond acceptors (Lipinski definition) is 10. The molecule has 2 aliphatic rings. The van der Waals surface area contributed by atoms with Gasteiger partial charge in [0, 0.05) is 72.0 Å². The maximum atomic E-state index is 13.9. The van der Waals surface area contributed by atoms with Crippen LogP contribution in [0.25, 0.3) is 21.8 Å². The minimum atomic E-state index is -1.14. The van der Waals surface area contributed by atoms with Crippen LogP contribution in [0.4, 0.5) is 13.9 Å². The van der Waals surface area contributed by atoms with Crippen LogP contribution < -0.4 is 10.1 Å². The summed E-state index contributed by atoms with van der Waals surface area (Å²) in [6.07, 6.45) is 4.06. The molecule has 11 rings (SSSR count).